The van der Waals surface area contributed by atoms with E-state index >= 15 is 0 Å². The Balaban J connectivity index is 1.72. The highest BCUT2D eigenvalue weighted by molar-refractivity contribution is 5.95. The van der Waals surface area contributed by atoms with Crippen LogP contribution in [0.25, 0.3) is 0 Å². The van der Waals surface area contributed by atoms with Gasteiger partial charge in [-0.2, -0.15) is 5.10 Å². The Hall–Kier alpha value is -2.21. The van der Waals surface area contributed by atoms with Crippen molar-refractivity contribution in [3.05, 3.63) is 53.1 Å². The van der Waals surface area contributed by atoms with Gasteiger partial charge in [-0.15, -0.1) is 0 Å². The third-order valence-electron chi connectivity index (χ3n) is 4.57. The number of hydrogen-bond donors (Lipinski definition) is 2. The minimum atomic E-state index is -0.903. The van der Waals surface area contributed by atoms with Gasteiger partial charge in [-0.1, -0.05) is 19.1 Å². The summed E-state index contributed by atoms with van der Waals surface area (Å²) in [4.78, 5) is 12.7. The van der Waals surface area contributed by atoms with Crippen LogP contribution in [0.15, 0.2) is 30.5 Å². The second-order valence-corrected chi connectivity index (χ2v) is 6.70. The standard InChI is InChI=1S/C19H24FN3O2/c1-3-10-23-17(13-4-5-13)16(11-21-23)19(25)22-12(2)18(24)14-6-8-15(20)9-7-14/h6-9,11-13,18,24H,3-5,10H2,1-2H3,(H,22,25). The van der Waals surface area contributed by atoms with E-state index in [1.807, 2.05) is 4.68 Å². The van der Waals surface area contributed by atoms with E-state index in [1.54, 1.807) is 13.1 Å². The van der Waals surface area contributed by atoms with Crippen molar-refractivity contribution < 1.29 is 14.3 Å². The van der Waals surface area contributed by atoms with Crippen LogP contribution in [0.1, 0.15) is 66.7 Å². The first-order valence-corrected chi connectivity index (χ1v) is 8.81. The number of amides is 1. The quantitative estimate of drug-likeness (QED) is 0.810. The molecule has 2 atom stereocenters. The van der Waals surface area contributed by atoms with Crippen molar-refractivity contribution in [1.29, 1.82) is 0 Å². The summed E-state index contributed by atoms with van der Waals surface area (Å²) in [5.74, 6) is -0.171. The molecule has 2 aromatic rings. The lowest BCUT2D eigenvalue weighted by molar-refractivity contribution is 0.0851. The minimum absolute atomic E-state index is 0.224. The van der Waals surface area contributed by atoms with Crippen LogP contribution in [0.4, 0.5) is 4.39 Å². The summed E-state index contributed by atoms with van der Waals surface area (Å²) in [7, 11) is 0. The van der Waals surface area contributed by atoms with Crippen LogP contribution < -0.4 is 5.32 Å². The molecule has 0 radical (unpaired) electrons. The van der Waals surface area contributed by atoms with Crippen LogP contribution in [-0.4, -0.2) is 26.8 Å². The molecule has 0 spiro atoms. The van der Waals surface area contributed by atoms with Gasteiger partial charge in [0.15, 0.2) is 0 Å². The van der Waals surface area contributed by atoms with E-state index in [1.165, 1.54) is 24.3 Å². The minimum Gasteiger partial charge on any atom is -0.386 e. The predicted molar refractivity (Wildman–Crippen MR) is 92.8 cm³/mol. The summed E-state index contributed by atoms with van der Waals surface area (Å²) in [6, 6.07) is 5.15. The zero-order valence-electron chi connectivity index (χ0n) is 14.6. The van der Waals surface area contributed by atoms with E-state index in [4.69, 9.17) is 0 Å². The summed E-state index contributed by atoms with van der Waals surface area (Å²) >= 11 is 0. The average Bonchev–Trinajstić information content (AvgIpc) is 3.35. The summed E-state index contributed by atoms with van der Waals surface area (Å²) in [5, 5.41) is 17.6. The van der Waals surface area contributed by atoms with Crippen LogP contribution in [-0.2, 0) is 6.54 Å². The lowest BCUT2D eigenvalue weighted by Crippen LogP contribution is -2.37. The van der Waals surface area contributed by atoms with Crippen molar-refractivity contribution in [1.82, 2.24) is 15.1 Å². The molecule has 25 heavy (non-hydrogen) atoms. The van der Waals surface area contributed by atoms with E-state index in [0.717, 1.165) is 31.5 Å². The van der Waals surface area contributed by atoms with Crippen LogP contribution in [0, 0.1) is 5.82 Å². The first-order chi connectivity index (χ1) is 12.0. The van der Waals surface area contributed by atoms with Gasteiger partial charge in [0.2, 0.25) is 0 Å². The molecule has 1 saturated carbocycles. The lowest BCUT2D eigenvalue weighted by atomic mass is 10.0. The molecule has 1 amide bonds. The zero-order valence-corrected chi connectivity index (χ0v) is 14.6. The van der Waals surface area contributed by atoms with Gasteiger partial charge in [0.1, 0.15) is 5.82 Å². The van der Waals surface area contributed by atoms with Crippen molar-refractivity contribution in [3.8, 4) is 0 Å². The Morgan fingerprint density at radius 2 is 2.08 bits per heavy atom. The molecule has 6 heteroatoms. The number of aliphatic hydroxyl groups is 1. The monoisotopic (exact) mass is 345 g/mol. The maximum atomic E-state index is 13.0. The number of nitrogens with one attached hydrogen (secondary N) is 1. The Morgan fingerprint density at radius 3 is 2.68 bits per heavy atom. The molecule has 0 bridgehead atoms. The van der Waals surface area contributed by atoms with Crippen molar-refractivity contribution in [2.24, 2.45) is 0 Å². The van der Waals surface area contributed by atoms with Crippen LogP contribution in [0.5, 0.6) is 0 Å². The average molecular weight is 345 g/mol. The van der Waals surface area contributed by atoms with E-state index in [2.05, 4.69) is 17.3 Å². The van der Waals surface area contributed by atoms with Crippen LogP contribution in [0.2, 0.25) is 0 Å². The van der Waals surface area contributed by atoms with E-state index in [9.17, 15) is 14.3 Å². The van der Waals surface area contributed by atoms with Gasteiger partial charge in [0.05, 0.1) is 29.6 Å². The number of aliphatic hydroxyl groups excluding tert-OH is 1. The number of aromatic nitrogens is 2. The molecule has 1 fully saturated rings. The highest BCUT2D eigenvalue weighted by atomic mass is 19.1. The van der Waals surface area contributed by atoms with E-state index < -0.39 is 12.1 Å². The first kappa shape index (κ1) is 17.6. The number of aryl methyl sites for hydroxylation is 1. The van der Waals surface area contributed by atoms with E-state index in [-0.39, 0.29) is 11.7 Å². The van der Waals surface area contributed by atoms with Gasteiger partial charge in [0, 0.05) is 12.5 Å². The number of carbonyl (C=O) groups is 1. The normalized spacial score (nSPS) is 16.5. The SMILES string of the molecule is CCCn1ncc(C(=O)NC(C)C(O)c2ccc(F)cc2)c1C1CC1. The summed E-state index contributed by atoms with van der Waals surface area (Å²) in [6.45, 7) is 4.62. The second-order valence-electron chi connectivity index (χ2n) is 6.70. The van der Waals surface area contributed by atoms with Crippen molar-refractivity contribution >= 4 is 5.91 Å². The Morgan fingerprint density at radius 1 is 1.40 bits per heavy atom. The van der Waals surface area contributed by atoms with Gasteiger partial charge >= 0.3 is 0 Å². The maximum Gasteiger partial charge on any atom is 0.255 e. The molecule has 1 aliphatic rings. The van der Waals surface area contributed by atoms with Crippen LogP contribution in [0.3, 0.4) is 0 Å². The largest absolute Gasteiger partial charge is 0.386 e. The molecule has 2 unspecified atom stereocenters. The summed E-state index contributed by atoms with van der Waals surface area (Å²) < 4.78 is 14.9. The Labute approximate surface area is 146 Å². The molecule has 1 aliphatic carbocycles. The molecular weight excluding hydrogens is 321 g/mol. The van der Waals surface area contributed by atoms with Crippen molar-refractivity contribution in [3.63, 3.8) is 0 Å². The Bertz CT molecular complexity index is 738. The highest BCUT2D eigenvalue weighted by Crippen LogP contribution is 2.41. The third kappa shape index (κ3) is 3.90. The fourth-order valence-corrected chi connectivity index (χ4v) is 3.06. The summed E-state index contributed by atoms with van der Waals surface area (Å²) in [5.41, 5.74) is 2.16. The smallest absolute Gasteiger partial charge is 0.255 e. The molecule has 0 aliphatic heterocycles. The van der Waals surface area contributed by atoms with Gasteiger partial charge < -0.3 is 10.4 Å². The number of benzene rings is 1. The van der Waals surface area contributed by atoms with Gasteiger partial charge in [-0.3, -0.25) is 9.48 Å². The Kier molecular flexibility index (Phi) is 5.18. The van der Waals surface area contributed by atoms with Gasteiger partial charge in [-0.25, -0.2) is 4.39 Å². The van der Waals surface area contributed by atoms with Gasteiger partial charge in [-0.05, 0) is 43.9 Å². The molecule has 5 nitrogen and oxygen atoms in total. The molecular formula is C19H24FN3O2. The zero-order chi connectivity index (χ0) is 18.0. The van der Waals surface area contributed by atoms with Crippen molar-refractivity contribution in [2.75, 3.05) is 0 Å². The molecule has 0 saturated heterocycles. The molecule has 2 N–H and O–H groups in total. The maximum absolute atomic E-state index is 13.0. The van der Waals surface area contributed by atoms with Gasteiger partial charge in [0.25, 0.3) is 5.91 Å². The molecule has 1 heterocycles. The lowest BCUT2D eigenvalue weighted by Gasteiger charge is -2.21. The molecule has 1 aromatic heterocycles. The van der Waals surface area contributed by atoms with Crippen molar-refractivity contribution in [2.45, 2.75) is 57.7 Å². The third-order valence-corrected chi connectivity index (χ3v) is 4.57. The fourth-order valence-electron chi connectivity index (χ4n) is 3.06. The number of rotatable bonds is 7. The molecule has 3 rings (SSSR count). The number of nitrogens with zero attached hydrogens (tertiary/aromatic N) is 2. The van der Waals surface area contributed by atoms with Crippen LogP contribution >= 0.6 is 0 Å². The topological polar surface area (TPSA) is 67.2 Å². The predicted octanol–water partition coefficient (Wildman–Crippen LogP) is 3.16. The summed E-state index contributed by atoms with van der Waals surface area (Å²) in [6.07, 6.45) is 3.85. The number of carbonyl (C=O) groups excluding carboxylic acids is 1. The highest BCUT2D eigenvalue weighted by Gasteiger charge is 2.33. The number of hydrogen-bond acceptors (Lipinski definition) is 3. The molecule has 1 aromatic carbocycles. The van der Waals surface area contributed by atoms with E-state index in [0.29, 0.717) is 17.0 Å². The second kappa shape index (κ2) is 7.35. The molecule has 134 valence electrons. The fraction of sp³-hybridized carbons (Fsp3) is 0.474. The first-order valence-electron chi connectivity index (χ1n) is 8.81. The number of halogens is 1.